The average molecular weight is 189 g/mol. The number of aromatic hydroxyl groups is 1. The van der Waals surface area contributed by atoms with Gasteiger partial charge in [-0.15, -0.1) is 11.3 Å². The van der Waals surface area contributed by atoms with Crippen molar-refractivity contribution in [2.45, 2.75) is 0 Å². The number of rotatable bonds is 2. The Hall–Kier alpha value is -0.680. The lowest BCUT2D eigenvalue weighted by Crippen LogP contribution is -1.87. The molecule has 5 heteroatoms. The number of thiol groups is 1. The lowest BCUT2D eigenvalue weighted by molar-refractivity contribution is 0.109. The molecule has 0 saturated heterocycles. The first-order valence-corrected chi connectivity index (χ1v) is 4.21. The molecule has 0 atom stereocenters. The van der Waals surface area contributed by atoms with Crippen molar-refractivity contribution in [3.05, 3.63) is 10.3 Å². The van der Waals surface area contributed by atoms with Crippen molar-refractivity contribution in [3.63, 3.8) is 0 Å². The minimum atomic E-state index is -0.408. The molecular weight excluding hydrogens is 182 g/mol. The van der Waals surface area contributed by atoms with Crippen LogP contribution in [0.4, 0.5) is 5.69 Å². The largest absolute Gasteiger partial charge is 0.504 e. The van der Waals surface area contributed by atoms with E-state index in [0.29, 0.717) is 5.69 Å². The zero-order valence-corrected chi connectivity index (χ0v) is 7.50. The molecule has 0 aliphatic rings. The van der Waals surface area contributed by atoms with Gasteiger partial charge >= 0.3 is 0 Å². The van der Waals surface area contributed by atoms with Crippen LogP contribution < -0.4 is 5.32 Å². The second-order valence-corrected chi connectivity index (χ2v) is 3.17. The van der Waals surface area contributed by atoms with Gasteiger partial charge < -0.3 is 10.4 Å². The SMILES string of the molecule is CNc1csc(C(=O)S)c1O. The second-order valence-electron chi connectivity index (χ2n) is 1.88. The van der Waals surface area contributed by atoms with Gasteiger partial charge in [0.25, 0.3) is 0 Å². The van der Waals surface area contributed by atoms with Crippen LogP contribution in [0.5, 0.6) is 5.75 Å². The van der Waals surface area contributed by atoms with Crippen LogP contribution >= 0.6 is 24.0 Å². The molecule has 60 valence electrons. The number of thiophene rings is 1. The minimum Gasteiger partial charge on any atom is -0.504 e. The first kappa shape index (κ1) is 8.42. The molecule has 2 N–H and O–H groups in total. The van der Waals surface area contributed by atoms with Gasteiger partial charge in [0, 0.05) is 12.4 Å². The molecule has 0 saturated carbocycles. The van der Waals surface area contributed by atoms with Gasteiger partial charge in [-0.25, -0.2) is 0 Å². The molecule has 11 heavy (non-hydrogen) atoms. The monoisotopic (exact) mass is 189 g/mol. The van der Waals surface area contributed by atoms with E-state index in [9.17, 15) is 9.90 Å². The third kappa shape index (κ3) is 1.49. The van der Waals surface area contributed by atoms with E-state index in [1.54, 1.807) is 12.4 Å². The smallest absolute Gasteiger partial charge is 0.230 e. The number of anilines is 1. The summed E-state index contributed by atoms with van der Waals surface area (Å²) in [5, 5.41) is 13.3. The highest BCUT2D eigenvalue weighted by atomic mass is 32.1. The van der Waals surface area contributed by atoms with Crippen molar-refractivity contribution in [2.24, 2.45) is 0 Å². The maximum Gasteiger partial charge on any atom is 0.230 e. The summed E-state index contributed by atoms with van der Waals surface area (Å²) in [7, 11) is 1.68. The van der Waals surface area contributed by atoms with E-state index in [2.05, 4.69) is 17.9 Å². The maximum absolute atomic E-state index is 10.7. The molecule has 0 amide bonds. The van der Waals surface area contributed by atoms with Gasteiger partial charge in [-0.2, -0.15) is 0 Å². The van der Waals surface area contributed by atoms with Crippen molar-refractivity contribution >= 4 is 34.8 Å². The number of hydrogen-bond acceptors (Lipinski definition) is 4. The van der Waals surface area contributed by atoms with Gasteiger partial charge in [-0.1, -0.05) is 12.6 Å². The van der Waals surface area contributed by atoms with Crippen LogP contribution in [0.3, 0.4) is 0 Å². The van der Waals surface area contributed by atoms with E-state index < -0.39 is 5.12 Å². The molecule has 0 fully saturated rings. The third-order valence-electron chi connectivity index (χ3n) is 1.23. The fourth-order valence-corrected chi connectivity index (χ4v) is 1.73. The van der Waals surface area contributed by atoms with Crippen molar-refractivity contribution in [2.75, 3.05) is 12.4 Å². The van der Waals surface area contributed by atoms with Gasteiger partial charge in [0.1, 0.15) is 4.88 Å². The maximum atomic E-state index is 10.7. The highest BCUT2D eigenvalue weighted by Crippen LogP contribution is 2.34. The van der Waals surface area contributed by atoms with E-state index >= 15 is 0 Å². The van der Waals surface area contributed by atoms with Crippen LogP contribution in [0.15, 0.2) is 5.38 Å². The summed E-state index contributed by atoms with van der Waals surface area (Å²) in [6.07, 6.45) is 0. The van der Waals surface area contributed by atoms with Gasteiger partial charge in [-0.05, 0) is 0 Å². The molecule has 0 aliphatic carbocycles. The molecule has 1 heterocycles. The molecular formula is C6H7NO2S2. The lowest BCUT2D eigenvalue weighted by atomic mass is 10.4. The third-order valence-corrected chi connectivity index (χ3v) is 2.57. The summed E-state index contributed by atoms with van der Waals surface area (Å²) in [5.74, 6) is -0.0162. The molecule has 0 aromatic carbocycles. The Bertz CT molecular complexity index is 282. The topological polar surface area (TPSA) is 49.3 Å². The number of nitrogens with one attached hydrogen (secondary N) is 1. The van der Waals surface area contributed by atoms with Gasteiger partial charge in [-0.3, -0.25) is 4.79 Å². The summed E-state index contributed by atoms with van der Waals surface area (Å²) in [6.45, 7) is 0. The predicted molar refractivity (Wildman–Crippen MR) is 48.8 cm³/mol. The van der Waals surface area contributed by atoms with Crippen LogP contribution in [0.25, 0.3) is 0 Å². The Balaban J connectivity index is 3.10. The Kier molecular flexibility index (Phi) is 2.41. The normalized spacial score (nSPS) is 9.64. The first-order valence-electron chi connectivity index (χ1n) is 2.88. The van der Waals surface area contributed by atoms with Crippen molar-refractivity contribution in [3.8, 4) is 5.75 Å². The van der Waals surface area contributed by atoms with Crippen LogP contribution in [-0.4, -0.2) is 17.3 Å². The Labute approximate surface area is 73.5 Å². The standard InChI is InChI=1S/C6H7NO2S2/c1-7-3-2-11-5(4(3)8)6(9)10/h2,7-8H,1H3,(H,9,10). The summed E-state index contributed by atoms with van der Waals surface area (Å²) >= 11 is 4.76. The summed E-state index contributed by atoms with van der Waals surface area (Å²) in [5.41, 5.74) is 0.562. The van der Waals surface area contributed by atoms with E-state index in [1.807, 2.05) is 0 Å². The van der Waals surface area contributed by atoms with Gasteiger partial charge in [0.2, 0.25) is 5.12 Å². The lowest BCUT2D eigenvalue weighted by Gasteiger charge is -1.95. The molecule has 0 radical (unpaired) electrons. The zero-order chi connectivity index (χ0) is 8.43. The highest BCUT2D eigenvalue weighted by molar-refractivity contribution is 7.97. The minimum absolute atomic E-state index is 0.0162. The molecule has 0 aliphatic heterocycles. The second kappa shape index (κ2) is 3.15. The van der Waals surface area contributed by atoms with Gasteiger partial charge in [0.05, 0.1) is 5.69 Å². The van der Waals surface area contributed by atoms with Gasteiger partial charge in [0.15, 0.2) is 5.75 Å². The van der Waals surface area contributed by atoms with E-state index in [4.69, 9.17) is 0 Å². The number of hydrogen-bond donors (Lipinski definition) is 3. The molecule has 3 nitrogen and oxygen atoms in total. The number of carbonyl (C=O) groups is 1. The predicted octanol–water partition coefficient (Wildman–Crippen LogP) is 1.57. The zero-order valence-electron chi connectivity index (χ0n) is 5.79. The van der Waals surface area contributed by atoms with Crippen LogP contribution in [-0.2, 0) is 0 Å². The Morgan fingerprint density at radius 2 is 2.45 bits per heavy atom. The summed E-state index contributed by atoms with van der Waals surface area (Å²) in [4.78, 5) is 11.0. The fraction of sp³-hybridized carbons (Fsp3) is 0.167. The molecule has 0 unspecified atom stereocenters. The highest BCUT2D eigenvalue weighted by Gasteiger charge is 2.12. The van der Waals surface area contributed by atoms with E-state index in [1.165, 1.54) is 11.3 Å². The molecule has 1 aromatic heterocycles. The molecule has 0 spiro atoms. The van der Waals surface area contributed by atoms with E-state index in [0.717, 1.165) is 0 Å². The van der Waals surface area contributed by atoms with Crippen molar-refractivity contribution in [1.82, 2.24) is 0 Å². The Morgan fingerprint density at radius 3 is 2.73 bits per heavy atom. The fourth-order valence-electron chi connectivity index (χ4n) is 0.681. The first-order chi connectivity index (χ1) is 5.16. The van der Waals surface area contributed by atoms with Crippen molar-refractivity contribution < 1.29 is 9.90 Å². The molecule has 1 aromatic rings. The van der Waals surface area contributed by atoms with Crippen LogP contribution in [0.1, 0.15) is 9.67 Å². The molecule has 0 bridgehead atoms. The summed E-state index contributed by atoms with van der Waals surface area (Å²) in [6, 6.07) is 0. The number of carbonyl (C=O) groups excluding carboxylic acids is 1. The van der Waals surface area contributed by atoms with Crippen LogP contribution in [0, 0.1) is 0 Å². The average Bonchev–Trinajstić information content (AvgIpc) is 2.30. The van der Waals surface area contributed by atoms with E-state index in [-0.39, 0.29) is 10.6 Å². The van der Waals surface area contributed by atoms with Crippen molar-refractivity contribution in [1.29, 1.82) is 0 Å². The summed E-state index contributed by atoms with van der Waals surface area (Å²) < 4.78 is 0. The Morgan fingerprint density at radius 1 is 1.82 bits per heavy atom. The quantitative estimate of drug-likeness (QED) is 0.619. The van der Waals surface area contributed by atoms with Crippen LogP contribution in [0.2, 0.25) is 0 Å². The molecule has 1 rings (SSSR count).